The molecule has 3 fully saturated rings. The van der Waals surface area contributed by atoms with Crippen molar-refractivity contribution in [1.82, 2.24) is 4.90 Å². The van der Waals surface area contributed by atoms with Crippen molar-refractivity contribution in [2.24, 2.45) is 5.41 Å². The Bertz CT molecular complexity index is 374. The van der Waals surface area contributed by atoms with Crippen molar-refractivity contribution in [1.29, 1.82) is 0 Å². The quantitative estimate of drug-likeness (QED) is 0.778. The summed E-state index contributed by atoms with van der Waals surface area (Å²) in [5, 5.41) is 0. The van der Waals surface area contributed by atoms with Crippen molar-refractivity contribution in [3.8, 4) is 0 Å². The molecule has 2 nitrogen and oxygen atoms in total. The van der Waals surface area contributed by atoms with Crippen LogP contribution in [0.1, 0.15) is 66.2 Å². The summed E-state index contributed by atoms with van der Waals surface area (Å²) in [5.41, 5.74) is 0.311. The van der Waals surface area contributed by atoms with Gasteiger partial charge in [-0.15, -0.1) is 0 Å². The van der Waals surface area contributed by atoms with Gasteiger partial charge in [0.2, 0.25) is 0 Å². The molecule has 0 spiro atoms. The van der Waals surface area contributed by atoms with E-state index < -0.39 is 6.17 Å². The maximum absolute atomic E-state index is 14.1. The minimum atomic E-state index is -0.656. The zero-order valence-corrected chi connectivity index (χ0v) is 13.5. The first-order chi connectivity index (χ1) is 9.26. The molecule has 2 aliphatic heterocycles. The van der Waals surface area contributed by atoms with Crippen molar-refractivity contribution < 1.29 is 9.13 Å². The lowest BCUT2D eigenvalue weighted by atomic mass is 9.71. The fourth-order valence-electron chi connectivity index (χ4n) is 4.64. The van der Waals surface area contributed by atoms with Crippen LogP contribution in [-0.4, -0.2) is 41.4 Å². The smallest absolute Gasteiger partial charge is 0.115 e. The number of hydrogen-bond acceptors (Lipinski definition) is 2. The zero-order chi connectivity index (χ0) is 14.6. The minimum Gasteiger partial charge on any atom is -0.374 e. The van der Waals surface area contributed by atoms with E-state index in [1.54, 1.807) is 0 Å². The Hall–Kier alpha value is -0.150. The summed E-state index contributed by atoms with van der Waals surface area (Å²) in [5.74, 6) is 0. The van der Waals surface area contributed by atoms with E-state index in [9.17, 15) is 4.39 Å². The molecule has 3 unspecified atom stereocenters. The van der Waals surface area contributed by atoms with Crippen molar-refractivity contribution >= 4 is 0 Å². The normalized spacial score (nSPS) is 40.6. The predicted molar refractivity (Wildman–Crippen MR) is 79.6 cm³/mol. The van der Waals surface area contributed by atoms with Crippen molar-refractivity contribution in [3.63, 3.8) is 0 Å². The first-order valence-electron chi connectivity index (χ1n) is 8.31. The molecule has 20 heavy (non-hydrogen) atoms. The van der Waals surface area contributed by atoms with Crippen molar-refractivity contribution in [3.05, 3.63) is 0 Å². The lowest BCUT2D eigenvalue weighted by molar-refractivity contribution is -0.106. The molecule has 0 aromatic heterocycles. The molecule has 1 saturated carbocycles. The summed E-state index contributed by atoms with van der Waals surface area (Å²) in [7, 11) is 0. The predicted octanol–water partition coefficient (Wildman–Crippen LogP) is 3.94. The number of fused-ring (bicyclic) bond motifs is 1. The number of nitrogens with zero attached hydrogens (tertiary/aromatic N) is 1. The Morgan fingerprint density at radius 2 is 1.95 bits per heavy atom. The van der Waals surface area contributed by atoms with Crippen LogP contribution in [0.2, 0.25) is 0 Å². The maximum Gasteiger partial charge on any atom is 0.115 e. The van der Waals surface area contributed by atoms with Gasteiger partial charge < -0.3 is 4.74 Å². The molecular formula is C17H30FNO. The fourth-order valence-corrected chi connectivity index (χ4v) is 4.64. The highest BCUT2D eigenvalue weighted by Gasteiger charge is 2.58. The van der Waals surface area contributed by atoms with Crippen LogP contribution in [0.25, 0.3) is 0 Å². The summed E-state index contributed by atoms with van der Waals surface area (Å²) in [6.07, 6.45) is 6.03. The maximum atomic E-state index is 14.1. The highest BCUT2D eigenvalue weighted by molar-refractivity contribution is 5.12. The second kappa shape index (κ2) is 4.67. The molecule has 0 radical (unpaired) electrons. The van der Waals surface area contributed by atoms with Gasteiger partial charge in [0.25, 0.3) is 0 Å². The van der Waals surface area contributed by atoms with Gasteiger partial charge in [0.05, 0.1) is 12.2 Å². The van der Waals surface area contributed by atoms with Gasteiger partial charge in [0, 0.05) is 18.1 Å². The van der Waals surface area contributed by atoms with E-state index in [4.69, 9.17) is 4.74 Å². The average Bonchev–Trinajstić information content (AvgIpc) is 2.79. The molecule has 116 valence electrons. The van der Waals surface area contributed by atoms with E-state index in [2.05, 4.69) is 32.6 Å². The van der Waals surface area contributed by atoms with Crippen molar-refractivity contribution in [2.45, 2.75) is 89.6 Å². The van der Waals surface area contributed by atoms with Crippen LogP contribution in [-0.2, 0) is 4.74 Å². The van der Waals surface area contributed by atoms with Crippen LogP contribution in [0, 0.1) is 5.41 Å². The third-order valence-electron chi connectivity index (χ3n) is 6.27. The molecule has 1 aliphatic carbocycles. The highest BCUT2D eigenvalue weighted by Crippen LogP contribution is 2.53. The van der Waals surface area contributed by atoms with Crippen LogP contribution in [0.15, 0.2) is 0 Å². The largest absolute Gasteiger partial charge is 0.374 e. The fraction of sp³-hybridized carbons (Fsp3) is 1.00. The van der Waals surface area contributed by atoms with E-state index in [-0.39, 0.29) is 16.6 Å². The van der Waals surface area contributed by atoms with E-state index >= 15 is 0 Å². The zero-order valence-electron chi connectivity index (χ0n) is 13.5. The van der Waals surface area contributed by atoms with Crippen LogP contribution >= 0.6 is 0 Å². The lowest BCUT2D eigenvalue weighted by Gasteiger charge is -2.46. The van der Waals surface area contributed by atoms with E-state index in [1.807, 2.05) is 0 Å². The van der Waals surface area contributed by atoms with Gasteiger partial charge in [-0.1, -0.05) is 20.8 Å². The summed E-state index contributed by atoms with van der Waals surface area (Å²) >= 11 is 0. The van der Waals surface area contributed by atoms with Gasteiger partial charge >= 0.3 is 0 Å². The van der Waals surface area contributed by atoms with E-state index in [1.165, 1.54) is 25.7 Å². The Morgan fingerprint density at radius 1 is 1.25 bits per heavy atom. The van der Waals surface area contributed by atoms with Crippen LogP contribution < -0.4 is 0 Å². The van der Waals surface area contributed by atoms with Gasteiger partial charge in [-0.25, -0.2) is 4.39 Å². The molecule has 0 N–H and O–H groups in total. The molecule has 2 heterocycles. The molecule has 3 rings (SSSR count). The van der Waals surface area contributed by atoms with Gasteiger partial charge in [0.15, 0.2) is 0 Å². The Morgan fingerprint density at radius 3 is 2.50 bits per heavy atom. The first kappa shape index (κ1) is 14.8. The SMILES string of the molecule is CC1(OCC2CCC3(C(C)(C)C)CC(F)CN23)CCC1. The Balaban J connectivity index is 1.69. The third-order valence-corrected chi connectivity index (χ3v) is 6.27. The number of alkyl halides is 1. The van der Waals surface area contributed by atoms with E-state index in [0.29, 0.717) is 19.0 Å². The summed E-state index contributed by atoms with van der Waals surface area (Å²) < 4.78 is 20.2. The van der Waals surface area contributed by atoms with Gasteiger partial charge in [-0.05, 0) is 50.9 Å². The second-order valence-corrected chi connectivity index (χ2v) is 8.54. The van der Waals surface area contributed by atoms with Gasteiger partial charge in [-0.2, -0.15) is 0 Å². The molecule has 3 aliphatic rings. The second-order valence-electron chi connectivity index (χ2n) is 8.54. The highest BCUT2D eigenvalue weighted by atomic mass is 19.1. The number of halogens is 1. The molecule has 0 aromatic carbocycles. The molecule has 0 bridgehead atoms. The van der Waals surface area contributed by atoms with Gasteiger partial charge in [0.1, 0.15) is 6.17 Å². The first-order valence-corrected chi connectivity index (χ1v) is 8.31. The van der Waals surface area contributed by atoms with Crippen molar-refractivity contribution in [2.75, 3.05) is 13.2 Å². The topological polar surface area (TPSA) is 12.5 Å². The number of hydrogen-bond donors (Lipinski definition) is 0. The minimum absolute atomic E-state index is 0.0565. The molecule has 3 heteroatoms. The molecule has 0 aromatic rings. The van der Waals surface area contributed by atoms with E-state index in [0.717, 1.165) is 13.0 Å². The average molecular weight is 283 g/mol. The number of ether oxygens (including phenoxy) is 1. The summed E-state index contributed by atoms with van der Waals surface area (Å²) in [4.78, 5) is 2.46. The van der Waals surface area contributed by atoms with Crippen LogP contribution in [0.5, 0.6) is 0 Å². The van der Waals surface area contributed by atoms with Crippen LogP contribution in [0.3, 0.4) is 0 Å². The number of rotatable bonds is 3. The standard InChI is InChI=1S/C17H30FNO/c1-15(2,3)17-9-6-14(19(17)11-13(18)10-17)12-20-16(4)7-5-8-16/h13-14H,5-12H2,1-4H3. The van der Waals surface area contributed by atoms with Crippen LogP contribution in [0.4, 0.5) is 4.39 Å². The third kappa shape index (κ3) is 2.21. The molecule has 3 atom stereocenters. The summed E-state index contributed by atoms with van der Waals surface area (Å²) in [6.45, 7) is 10.4. The Labute approximate surface area is 123 Å². The van der Waals surface area contributed by atoms with Gasteiger partial charge in [-0.3, -0.25) is 4.90 Å². The molecule has 0 amide bonds. The molecule has 2 saturated heterocycles. The summed E-state index contributed by atoms with van der Waals surface area (Å²) in [6, 6.07) is 0.424. The molecular weight excluding hydrogens is 253 g/mol. The monoisotopic (exact) mass is 283 g/mol. The Kier molecular flexibility index (Phi) is 3.45. The lowest BCUT2D eigenvalue weighted by Crippen LogP contribution is -2.52.